The summed E-state index contributed by atoms with van der Waals surface area (Å²) in [5.74, 6) is 0.938. The molecule has 0 bridgehead atoms. The lowest BCUT2D eigenvalue weighted by Crippen LogP contribution is -2.29. The molecule has 3 N–H and O–H groups in total. The Bertz CT molecular complexity index is 1370. The Hall–Kier alpha value is -3.78. The standard InChI is InChI=1S/C25H31N7O/c1-30(2)12-13-31(3)23-15-24(33-5)21(14-19(23)26)29-25-27-11-10-20(28-25)18-16-32(4)22-9-7-6-8-17(18)22/h6-11,14-16H,12-13,26H2,1-5H3,(H,27,28,29)/i4D3. The number of ether oxygens (including phenoxy) is 1. The number of anilines is 4. The first-order chi connectivity index (χ1) is 17.1. The highest BCUT2D eigenvalue weighted by molar-refractivity contribution is 5.95. The highest BCUT2D eigenvalue weighted by Gasteiger charge is 2.15. The summed E-state index contributed by atoms with van der Waals surface area (Å²) in [5, 5.41) is 4.00. The molecule has 172 valence electrons. The van der Waals surface area contributed by atoms with Gasteiger partial charge in [0.05, 0.1) is 29.9 Å². The van der Waals surface area contributed by atoms with Crippen molar-refractivity contribution in [3.8, 4) is 17.0 Å². The number of fused-ring (bicyclic) bond motifs is 1. The fourth-order valence-electron chi connectivity index (χ4n) is 3.73. The van der Waals surface area contributed by atoms with Gasteiger partial charge in [-0.15, -0.1) is 0 Å². The molecule has 0 radical (unpaired) electrons. The lowest BCUT2D eigenvalue weighted by atomic mass is 10.1. The van der Waals surface area contributed by atoms with Gasteiger partial charge in [-0.3, -0.25) is 0 Å². The van der Waals surface area contributed by atoms with Gasteiger partial charge in [-0.05, 0) is 32.3 Å². The van der Waals surface area contributed by atoms with Crippen LogP contribution in [0.2, 0.25) is 0 Å². The molecule has 8 heteroatoms. The van der Waals surface area contributed by atoms with E-state index in [1.165, 1.54) is 4.57 Å². The van der Waals surface area contributed by atoms with E-state index in [9.17, 15) is 0 Å². The van der Waals surface area contributed by atoms with Crippen LogP contribution in [-0.4, -0.2) is 60.8 Å². The highest BCUT2D eigenvalue weighted by atomic mass is 16.5. The van der Waals surface area contributed by atoms with E-state index >= 15 is 0 Å². The molecular weight excluding hydrogens is 414 g/mol. The van der Waals surface area contributed by atoms with E-state index in [0.717, 1.165) is 24.2 Å². The van der Waals surface area contributed by atoms with Crippen molar-refractivity contribution in [3.05, 3.63) is 54.9 Å². The Labute approximate surface area is 198 Å². The topological polar surface area (TPSA) is 84.5 Å². The molecule has 0 unspecified atom stereocenters. The fourth-order valence-corrected chi connectivity index (χ4v) is 3.73. The number of aromatic nitrogens is 3. The van der Waals surface area contributed by atoms with E-state index in [1.807, 2.05) is 45.4 Å². The molecule has 33 heavy (non-hydrogen) atoms. The van der Waals surface area contributed by atoms with Gasteiger partial charge in [0.1, 0.15) is 5.75 Å². The minimum atomic E-state index is -2.31. The van der Waals surface area contributed by atoms with E-state index < -0.39 is 6.98 Å². The smallest absolute Gasteiger partial charge is 0.227 e. The molecule has 0 aliphatic carbocycles. The van der Waals surface area contributed by atoms with Crippen LogP contribution < -0.4 is 20.7 Å². The SMILES string of the molecule is [2H]C([2H])([2H])n1cc(-c2ccnc(Nc3cc(N)c(N(C)CCN(C)C)cc3OC)n2)c2ccccc21. The van der Waals surface area contributed by atoms with Crippen molar-refractivity contribution in [1.82, 2.24) is 19.4 Å². The Balaban J connectivity index is 1.67. The average molecular weight is 449 g/mol. The Kier molecular flexibility index (Phi) is 5.33. The van der Waals surface area contributed by atoms with Gasteiger partial charge < -0.3 is 30.2 Å². The van der Waals surface area contributed by atoms with Crippen LogP contribution >= 0.6 is 0 Å². The van der Waals surface area contributed by atoms with E-state index in [0.29, 0.717) is 39.8 Å². The third-order valence-electron chi connectivity index (χ3n) is 5.53. The molecular formula is C25H31N7O. The molecule has 0 fully saturated rings. The summed E-state index contributed by atoms with van der Waals surface area (Å²) in [5.41, 5.74) is 10.4. The number of nitrogens with zero attached hydrogens (tertiary/aromatic N) is 5. The van der Waals surface area contributed by atoms with Crippen LogP contribution in [0.5, 0.6) is 5.75 Å². The number of para-hydroxylation sites is 1. The summed E-state index contributed by atoms with van der Waals surface area (Å²) < 4.78 is 30.6. The summed E-state index contributed by atoms with van der Waals surface area (Å²) in [6.45, 7) is -0.614. The summed E-state index contributed by atoms with van der Waals surface area (Å²) in [6, 6.07) is 12.8. The minimum absolute atomic E-state index is 0.338. The Morgan fingerprint density at radius 2 is 1.97 bits per heavy atom. The van der Waals surface area contributed by atoms with Crippen LogP contribution in [-0.2, 0) is 6.98 Å². The van der Waals surface area contributed by atoms with Crippen LogP contribution in [0.1, 0.15) is 4.11 Å². The van der Waals surface area contributed by atoms with Gasteiger partial charge in [0, 0.05) is 66.2 Å². The number of aryl methyl sites for hydroxylation is 1. The maximum Gasteiger partial charge on any atom is 0.227 e. The maximum atomic E-state index is 7.90. The summed E-state index contributed by atoms with van der Waals surface area (Å²) in [6.07, 6.45) is 3.24. The molecule has 2 heterocycles. The fraction of sp³-hybridized carbons (Fsp3) is 0.280. The normalized spacial score (nSPS) is 12.9. The zero-order valence-corrected chi connectivity index (χ0v) is 19.3. The minimum Gasteiger partial charge on any atom is -0.494 e. The number of likely N-dealkylation sites (N-methyl/N-ethyl adjacent to an activating group) is 2. The monoisotopic (exact) mass is 448 g/mol. The summed E-state index contributed by atoms with van der Waals surface area (Å²) >= 11 is 0. The second-order valence-corrected chi connectivity index (χ2v) is 8.16. The van der Waals surface area contributed by atoms with Crippen molar-refractivity contribution in [2.24, 2.45) is 6.98 Å². The molecule has 0 aliphatic heterocycles. The number of benzene rings is 2. The van der Waals surface area contributed by atoms with Gasteiger partial charge in [-0.25, -0.2) is 9.97 Å². The lowest BCUT2D eigenvalue weighted by Gasteiger charge is -2.24. The summed E-state index contributed by atoms with van der Waals surface area (Å²) in [4.78, 5) is 13.2. The van der Waals surface area contributed by atoms with E-state index in [1.54, 1.807) is 37.7 Å². The van der Waals surface area contributed by atoms with Crippen LogP contribution in [0.15, 0.2) is 54.9 Å². The predicted octanol–water partition coefficient (Wildman–Crippen LogP) is 3.97. The van der Waals surface area contributed by atoms with Crippen molar-refractivity contribution in [2.75, 3.05) is 57.3 Å². The summed E-state index contributed by atoms with van der Waals surface area (Å²) in [7, 11) is 7.64. The third kappa shape index (κ3) is 4.70. The maximum absolute atomic E-state index is 7.90. The predicted molar refractivity (Wildman–Crippen MR) is 136 cm³/mol. The number of rotatable bonds is 8. The van der Waals surface area contributed by atoms with E-state index in [2.05, 4.69) is 25.1 Å². The molecule has 2 aromatic carbocycles. The molecule has 0 saturated carbocycles. The van der Waals surface area contributed by atoms with Crippen LogP contribution in [0.4, 0.5) is 23.0 Å². The van der Waals surface area contributed by atoms with Crippen molar-refractivity contribution < 1.29 is 8.85 Å². The number of hydrogen-bond donors (Lipinski definition) is 2. The van der Waals surface area contributed by atoms with Crippen molar-refractivity contribution in [3.63, 3.8) is 0 Å². The molecule has 4 aromatic rings. The van der Waals surface area contributed by atoms with E-state index in [-0.39, 0.29) is 0 Å². The number of nitrogen functional groups attached to an aromatic ring is 1. The highest BCUT2D eigenvalue weighted by Crippen LogP contribution is 2.36. The van der Waals surface area contributed by atoms with E-state index in [4.69, 9.17) is 14.6 Å². The van der Waals surface area contributed by atoms with Gasteiger partial charge in [0.2, 0.25) is 5.95 Å². The first kappa shape index (κ1) is 18.8. The van der Waals surface area contributed by atoms with Gasteiger partial charge in [-0.1, -0.05) is 18.2 Å². The van der Waals surface area contributed by atoms with Crippen molar-refractivity contribution >= 4 is 33.9 Å². The van der Waals surface area contributed by atoms with Gasteiger partial charge in [0.25, 0.3) is 0 Å². The van der Waals surface area contributed by atoms with Gasteiger partial charge in [0.15, 0.2) is 0 Å². The van der Waals surface area contributed by atoms with Crippen molar-refractivity contribution in [2.45, 2.75) is 0 Å². The number of hydrogen-bond acceptors (Lipinski definition) is 7. The Morgan fingerprint density at radius 3 is 2.73 bits per heavy atom. The lowest BCUT2D eigenvalue weighted by molar-refractivity contribution is 0.413. The number of nitrogens with one attached hydrogen (secondary N) is 1. The molecule has 0 amide bonds. The second-order valence-electron chi connectivity index (χ2n) is 8.16. The molecule has 2 aromatic heterocycles. The first-order valence-electron chi connectivity index (χ1n) is 12.1. The molecule has 0 spiro atoms. The van der Waals surface area contributed by atoms with Crippen LogP contribution in [0.3, 0.4) is 0 Å². The van der Waals surface area contributed by atoms with Crippen LogP contribution in [0.25, 0.3) is 22.2 Å². The zero-order valence-electron chi connectivity index (χ0n) is 22.3. The zero-order chi connectivity index (χ0) is 26.0. The van der Waals surface area contributed by atoms with Crippen LogP contribution in [0, 0.1) is 0 Å². The average Bonchev–Trinajstić information content (AvgIpc) is 3.23. The molecule has 0 atom stereocenters. The molecule has 4 rings (SSSR count). The number of nitrogens with two attached hydrogens (primary N) is 1. The van der Waals surface area contributed by atoms with Gasteiger partial charge >= 0.3 is 0 Å². The number of methoxy groups -OCH3 is 1. The Morgan fingerprint density at radius 1 is 1.15 bits per heavy atom. The van der Waals surface area contributed by atoms with Gasteiger partial charge in [-0.2, -0.15) is 0 Å². The quantitative estimate of drug-likeness (QED) is 0.395. The first-order valence-corrected chi connectivity index (χ1v) is 10.6. The largest absolute Gasteiger partial charge is 0.494 e. The third-order valence-corrected chi connectivity index (χ3v) is 5.53. The molecule has 8 nitrogen and oxygen atoms in total. The molecule has 0 saturated heterocycles. The van der Waals surface area contributed by atoms with Crippen molar-refractivity contribution in [1.29, 1.82) is 0 Å². The molecule has 0 aliphatic rings. The second kappa shape index (κ2) is 9.38.